The highest BCUT2D eigenvalue weighted by Gasteiger charge is 2.20. The van der Waals surface area contributed by atoms with Crippen LogP contribution in [0.1, 0.15) is 44.9 Å². The molecule has 29 heavy (non-hydrogen) atoms. The molecule has 0 saturated heterocycles. The van der Waals surface area contributed by atoms with Crippen LogP contribution in [0.2, 0.25) is 0 Å². The summed E-state index contributed by atoms with van der Waals surface area (Å²) in [5.41, 5.74) is 4.21. The van der Waals surface area contributed by atoms with Gasteiger partial charge in [0, 0.05) is 12.0 Å². The number of ether oxygens (including phenoxy) is 2. The molecule has 0 fully saturated rings. The molecule has 0 atom stereocenters. The third kappa shape index (κ3) is 5.57. The number of methoxy groups -OCH3 is 1. The zero-order chi connectivity index (χ0) is 20.9. The molecule has 0 spiro atoms. The number of fused-ring (bicyclic) bond motifs is 1. The first kappa shape index (κ1) is 21.8. The van der Waals surface area contributed by atoms with Gasteiger partial charge in [0.05, 0.1) is 16.4 Å². The number of amides is 1. The van der Waals surface area contributed by atoms with Gasteiger partial charge in [-0.1, -0.05) is 6.42 Å². The predicted molar refractivity (Wildman–Crippen MR) is 112 cm³/mol. The van der Waals surface area contributed by atoms with Gasteiger partial charge in [-0.2, -0.15) is 0 Å². The molecule has 0 radical (unpaired) electrons. The van der Waals surface area contributed by atoms with E-state index in [0.29, 0.717) is 29.4 Å². The SMILES string of the molecule is COCCOc1ccc(S(=O)(=O)NNC(=O)c2cc3c(s2)CCCCC3)cc1C. The van der Waals surface area contributed by atoms with Crippen molar-refractivity contribution in [1.29, 1.82) is 0 Å². The molecular formula is C20H26N2O5S2. The van der Waals surface area contributed by atoms with Crippen molar-refractivity contribution >= 4 is 27.3 Å². The maximum atomic E-state index is 12.5. The fourth-order valence-corrected chi connectivity index (χ4v) is 5.27. The van der Waals surface area contributed by atoms with Crippen molar-refractivity contribution in [3.63, 3.8) is 0 Å². The van der Waals surface area contributed by atoms with Gasteiger partial charge in [0.25, 0.3) is 15.9 Å². The summed E-state index contributed by atoms with van der Waals surface area (Å²) in [4.78, 5) is 16.4. The van der Waals surface area contributed by atoms with Crippen molar-refractivity contribution in [3.8, 4) is 5.75 Å². The first-order valence-corrected chi connectivity index (χ1v) is 11.9. The van der Waals surface area contributed by atoms with Crippen molar-refractivity contribution in [3.05, 3.63) is 45.1 Å². The standard InChI is InChI=1S/C20H26N2O5S2/c1-14-12-16(8-9-17(14)27-11-10-26-2)29(24,25)22-21-20(23)19-13-15-6-4-3-5-7-18(15)28-19/h8-9,12-13,22H,3-7,10-11H2,1-2H3,(H,21,23). The summed E-state index contributed by atoms with van der Waals surface area (Å²) < 4.78 is 35.6. The lowest BCUT2D eigenvalue weighted by atomic mass is 10.1. The van der Waals surface area contributed by atoms with E-state index < -0.39 is 15.9 Å². The van der Waals surface area contributed by atoms with Crippen molar-refractivity contribution in [2.75, 3.05) is 20.3 Å². The second-order valence-corrected chi connectivity index (χ2v) is 9.77. The molecule has 2 aromatic rings. The van der Waals surface area contributed by atoms with Gasteiger partial charge in [-0.3, -0.25) is 10.2 Å². The van der Waals surface area contributed by atoms with E-state index in [1.807, 2.05) is 6.07 Å². The molecule has 1 aliphatic rings. The highest BCUT2D eigenvalue weighted by Crippen LogP contribution is 2.29. The number of hydrazine groups is 1. The molecule has 0 bridgehead atoms. The molecule has 0 unspecified atom stereocenters. The Balaban J connectivity index is 1.63. The molecule has 2 N–H and O–H groups in total. The van der Waals surface area contributed by atoms with E-state index in [1.54, 1.807) is 20.1 Å². The summed E-state index contributed by atoms with van der Waals surface area (Å²) in [6, 6.07) is 6.42. The molecule has 1 aliphatic carbocycles. The fourth-order valence-electron chi connectivity index (χ4n) is 3.20. The lowest BCUT2D eigenvalue weighted by Gasteiger charge is -2.12. The number of hydrogen-bond donors (Lipinski definition) is 2. The molecule has 1 aromatic carbocycles. The number of hydrogen-bond acceptors (Lipinski definition) is 6. The van der Waals surface area contributed by atoms with Gasteiger partial charge in [-0.15, -0.1) is 16.2 Å². The molecule has 3 rings (SSSR count). The zero-order valence-corrected chi connectivity index (χ0v) is 18.2. The van der Waals surface area contributed by atoms with Crippen LogP contribution in [0.5, 0.6) is 5.75 Å². The molecule has 1 amide bonds. The minimum atomic E-state index is -3.89. The van der Waals surface area contributed by atoms with Gasteiger partial charge in [0.15, 0.2) is 0 Å². The maximum Gasteiger partial charge on any atom is 0.276 e. The average Bonchev–Trinajstić information content (AvgIpc) is 2.98. The molecule has 158 valence electrons. The molecule has 0 aliphatic heterocycles. The van der Waals surface area contributed by atoms with Gasteiger partial charge in [-0.05, 0) is 68.0 Å². The van der Waals surface area contributed by atoms with Crippen LogP contribution in [-0.2, 0) is 27.6 Å². The van der Waals surface area contributed by atoms with E-state index in [2.05, 4.69) is 10.3 Å². The fraction of sp³-hybridized carbons (Fsp3) is 0.450. The second-order valence-electron chi connectivity index (χ2n) is 6.95. The van der Waals surface area contributed by atoms with E-state index in [1.165, 1.54) is 40.3 Å². The Morgan fingerprint density at radius 1 is 1.14 bits per heavy atom. The normalized spacial score (nSPS) is 14.1. The zero-order valence-electron chi connectivity index (χ0n) is 16.6. The Bertz CT molecular complexity index is 946. The highest BCUT2D eigenvalue weighted by molar-refractivity contribution is 7.89. The van der Waals surface area contributed by atoms with Crippen LogP contribution in [0.3, 0.4) is 0 Å². The number of carbonyl (C=O) groups excluding carboxylic acids is 1. The molecule has 9 heteroatoms. The van der Waals surface area contributed by atoms with E-state index >= 15 is 0 Å². The van der Waals surface area contributed by atoms with Crippen LogP contribution >= 0.6 is 11.3 Å². The lowest BCUT2D eigenvalue weighted by Crippen LogP contribution is -2.41. The number of carbonyl (C=O) groups is 1. The summed E-state index contributed by atoms with van der Waals surface area (Å²) >= 11 is 1.44. The van der Waals surface area contributed by atoms with Gasteiger partial charge in [0.2, 0.25) is 0 Å². The Hall–Kier alpha value is -1.94. The Labute approximate surface area is 175 Å². The number of rotatable bonds is 8. The molecule has 7 nitrogen and oxygen atoms in total. The monoisotopic (exact) mass is 438 g/mol. The first-order valence-electron chi connectivity index (χ1n) is 9.57. The quantitative estimate of drug-likeness (QED) is 0.375. The van der Waals surface area contributed by atoms with Gasteiger partial charge in [0.1, 0.15) is 12.4 Å². The summed E-state index contributed by atoms with van der Waals surface area (Å²) in [7, 11) is -2.31. The third-order valence-corrected chi connectivity index (χ3v) is 7.25. The van der Waals surface area contributed by atoms with E-state index in [-0.39, 0.29) is 4.90 Å². The van der Waals surface area contributed by atoms with Gasteiger partial charge >= 0.3 is 0 Å². The third-order valence-electron chi connectivity index (χ3n) is 4.77. The molecule has 1 aromatic heterocycles. The van der Waals surface area contributed by atoms with Crippen LogP contribution in [0.25, 0.3) is 0 Å². The van der Waals surface area contributed by atoms with Crippen molar-refractivity contribution in [1.82, 2.24) is 10.3 Å². The van der Waals surface area contributed by atoms with Crippen LogP contribution in [0.15, 0.2) is 29.2 Å². The Morgan fingerprint density at radius 3 is 2.69 bits per heavy atom. The molecule has 1 heterocycles. The summed E-state index contributed by atoms with van der Waals surface area (Å²) in [6.07, 6.45) is 5.42. The van der Waals surface area contributed by atoms with Crippen LogP contribution < -0.4 is 15.0 Å². The van der Waals surface area contributed by atoms with E-state index in [9.17, 15) is 13.2 Å². The van der Waals surface area contributed by atoms with Gasteiger partial charge < -0.3 is 9.47 Å². The van der Waals surface area contributed by atoms with Crippen LogP contribution in [-0.4, -0.2) is 34.6 Å². The Kier molecular flexibility index (Phi) is 7.28. The highest BCUT2D eigenvalue weighted by atomic mass is 32.2. The topological polar surface area (TPSA) is 93.7 Å². The largest absolute Gasteiger partial charge is 0.491 e. The predicted octanol–water partition coefficient (Wildman–Crippen LogP) is 2.97. The Morgan fingerprint density at radius 2 is 1.93 bits per heavy atom. The van der Waals surface area contributed by atoms with Crippen molar-refractivity contribution in [2.24, 2.45) is 0 Å². The minimum absolute atomic E-state index is 0.0522. The molecular weight excluding hydrogens is 412 g/mol. The summed E-state index contributed by atoms with van der Waals surface area (Å²) in [5.74, 6) is 0.146. The summed E-state index contributed by atoms with van der Waals surface area (Å²) in [6.45, 7) is 2.58. The number of aryl methyl sites for hydroxylation is 3. The number of sulfonamides is 1. The van der Waals surface area contributed by atoms with E-state index in [0.717, 1.165) is 25.7 Å². The number of benzene rings is 1. The average molecular weight is 439 g/mol. The maximum absolute atomic E-state index is 12.5. The van der Waals surface area contributed by atoms with Crippen LogP contribution in [0, 0.1) is 6.92 Å². The summed E-state index contributed by atoms with van der Waals surface area (Å²) in [5, 5.41) is 0. The first-order chi connectivity index (χ1) is 13.9. The lowest BCUT2D eigenvalue weighted by molar-refractivity contribution is 0.0949. The second kappa shape index (κ2) is 9.71. The van der Waals surface area contributed by atoms with Crippen LogP contribution in [0.4, 0.5) is 0 Å². The van der Waals surface area contributed by atoms with Crippen molar-refractivity contribution in [2.45, 2.75) is 43.9 Å². The van der Waals surface area contributed by atoms with Crippen molar-refractivity contribution < 1.29 is 22.7 Å². The van der Waals surface area contributed by atoms with E-state index in [4.69, 9.17) is 9.47 Å². The minimum Gasteiger partial charge on any atom is -0.491 e. The smallest absolute Gasteiger partial charge is 0.276 e. The number of nitrogens with one attached hydrogen (secondary N) is 2. The van der Waals surface area contributed by atoms with Gasteiger partial charge in [-0.25, -0.2) is 8.42 Å². The molecule has 0 saturated carbocycles. The number of thiophene rings is 1.